The Morgan fingerprint density at radius 2 is 1.62 bits per heavy atom. The number of hydrogen-bond donors (Lipinski definition) is 2. The summed E-state index contributed by atoms with van der Waals surface area (Å²) in [4.78, 5) is 24.0. The Morgan fingerprint density at radius 1 is 1.05 bits per heavy atom. The Hall–Kier alpha value is -1.06. The normalized spacial score (nSPS) is 34.5. The minimum Gasteiger partial charge on any atom is -0.355 e. The van der Waals surface area contributed by atoms with Crippen LogP contribution in [-0.2, 0) is 9.59 Å². The summed E-state index contributed by atoms with van der Waals surface area (Å²) in [5, 5.41) is 6.40. The molecule has 3 aliphatic carbocycles. The zero-order valence-electron chi connectivity index (χ0n) is 13.4. The molecule has 3 fully saturated rings. The quantitative estimate of drug-likeness (QED) is 0.815. The van der Waals surface area contributed by atoms with Crippen molar-refractivity contribution in [2.75, 3.05) is 6.54 Å². The number of rotatable bonds is 5. The smallest absolute Gasteiger partial charge is 0.223 e. The molecule has 0 aromatic carbocycles. The lowest BCUT2D eigenvalue weighted by Crippen LogP contribution is -2.47. The molecule has 0 spiro atoms. The summed E-state index contributed by atoms with van der Waals surface area (Å²) in [6, 6.07) is 0.201. The maximum atomic E-state index is 12.1. The van der Waals surface area contributed by atoms with E-state index in [1.54, 1.807) is 0 Å². The molecule has 2 N–H and O–H groups in total. The molecular weight excluding hydrogens is 264 g/mol. The lowest BCUT2D eigenvalue weighted by molar-refractivity contribution is -0.123. The third-order valence-corrected chi connectivity index (χ3v) is 5.60. The molecule has 2 amide bonds. The largest absolute Gasteiger partial charge is 0.355 e. The van der Waals surface area contributed by atoms with Crippen molar-refractivity contribution in [3.8, 4) is 0 Å². The second kappa shape index (κ2) is 5.29. The van der Waals surface area contributed by atoms with Gasteiger partial charge < -0.3 is 10.6 Å². The number of amides is 2. The summed E-state index contributed by atoms with van der Waals surface area (Å²) in [7, 11) is 0. The highest BCUT2D eigenvalue weighted by molar-refractivity contribution is 5.81. The molecule has 3 aliphatic rings. The van der Waals surface area contributed by atoms with Gasteiger partial charge in [0.05, 0.1) is 0 Å². The third-order valence-electron chi connectivity index (χ3n) is 5.60. The van der Waals surface area contributed by atoms with Crippen LogP contribution >= 0.6 is 0 Å². The summed E-state index contributed by atoms with van der Waals surface area (Å²) in [5.41, 5.74) is 0.164. The average Bonchev–Trinajstić information content (AvgIpc) is 3.28. The topological polar surface area (TPSA) is 58.2 Å². The van der Waals surface area contributed by atoms with Crippen molar-refractivity contribution in [2.45, 2.75) is 58.9 Å². The molecular formula is C17H28N2O2. The molecule has 3 rings (SSSR count). The van der Waals surface area contributed by atoms with Gasteiger partial charge in [0, 0.05) is 30.3 Å². The van der Waals surface area contributed by atoms with Crippen molar-refractivity contribution < 1.29 is 9.59 Å². The van der Waals surface area contributed by atoms with Crippen LogP contribution in [-0.4, -0.2) is 24.4 Å². The Kier molecular flexibility index (Phi) is 3.74. The van der Waals surface area contributed by atoms with Crippen molar-refractivity contribution in [3.05, 3.63) is 0 Å². The van der Waals surface area contributed by atoms with Crippen LogP contribution < -0.4 is 10.6 Å². The molecule has 4 nitrogen and oxygen atoms in total. The molecule has 4 heteroatoms. The van der Waals surface area contributed by atoms with E-state index in [2.05, 4.69) is 31.4 Å². The van der Waals surface area contributed by atoms with E-state index in [-0.39, 0.29) is 35.1 Å². The van der Waals surface area contributed by atoms with Gasteiger partial charge in [-0.05, 0) is 43.4 Å². The van der Waals surface area contributed by atoms with Crippen molar-refractivity contribution in [1.82, 2.24) is 10.6 Å². The van der Waals surface area contributed by atoms with Crippen LogP contribution in [0.4, 0.5) is 0 Å². The van der Waals surface area contributed by atoms with Gasteiger partial charge in [-0.15, -0.1) is 0 Å². The van der Waals surface area contributed by atoms with E-state index in [1.807, 2.05) is 0 Å². The van der Waals surface area contributed by atoms with Crippen LogP contribution in [0.3, 0.4) is 0 Å². The van der Waals surface area contributed by atoms with Gasteiger partial charge in [0.1, 0.15) is 0 Å². The van der Waals surface area contributed by atoms with E-state index in [1.165, 1.54) is 0 Å². The zero-order chi connectivity index (χ0) is 15.2. The standard InChI is InChI=1S/C17H28N2O2/c1-10-8-17(2,3)13(9-18-15(20)11-4-5-11)14(10)19-16(21)12-6-7-12/h10-14H,4-9H2,1-3H3,(H,18,20)(H,19,21)/t10-,13-,14-/m1/s1. The monoisotopic (exact) mass is 292 g/mol. The molecule has 0 unspecified atom stereocenters. The highest BCUT2D eigenvalue weighted by atomic mass is 16.2. The van der Waals surface area contributed by atoms with Crippen LogP contribution in [0.1, 0.15) is 52.9 Å². The number of nitrogens with one attached hydrogen (secondary N) is 2. The molecule has 3 saturated carbocycles. The molecule has 0 saturated heterocycles. The Bertz CT molecular complexity index is 438. The molecule has 0 aromatic rings. The Balaban J connectivity index is 1.62. The van der Waals surface area contributed by atoms with E-state index in [0.717, 1.165) is 32.1 Å². The summed E-state index contributed by atoms with van der Waals surface area (Å²) in [6.45, 7) is 7.45. The Morgan fingerprint density at radius 3 is 2.19 bits per heavy atom. The van der Waals surface area contributed by atoms with Crippen LogP contribution in [0, 0.1) is 29.1 Å². The van der Waals surface area contributed by atoms with Crippen LogP contribution in [0.25, 0.3) is 0 Å². The van der Waals surface area contributed by atoms with Crippen LogP contribution in [0.15, 0.2) is 0 Å². The van der Waals surface area contributed by atoms with E-state index in [0.29, 0.717) is 18.4 Å². The molecule has 0 heterocycles. The van der Waals surface area contributed by atoms with Crippen molar-refractivity contribution >= 4 is 11.8 Å². The fourth-order valence-corrected chi connectivity index (χ4v) is 3.97. The van der Waals surface area contributed by atoms with Crippen molar-refractivity contribution in [3.63, 3.8) is 0 Å². The number of hydrogen-bond acceptors (Lipinski definition) is 2. The molecule has 118 valence electrons. The molecule has 0 bridgehead atoms. The molecule has 0 aliphatic heterocycles. The van der Waals surface area contributed by atoms with Gasteiger partial charge in [0.25, 0.3) is 0 Å². The van der Waals surface area contributed by atoms with E-state index >= 15 is 0 Å². The van der Waals surface area contributed by atoms with Gasteiger partial charge in [0.2, 0.25) is 11.8 Å². The van der Waals surface area contributed by atoms with Crippen molar-refractivity contribution in [2.24, 2.45) is 29.1 Å². The van der Waals surface area contributed by atoms with Crippen LogP contribution in [0.5, 0.6) is 0 Å². The number of carbonyl (C=O) groups is 2. The molecule has 0 aromatic heterocycles. The summed E-state index contributed by atoms with van der Waals surface area (Å²) < 4.78 is 0. The first kappa shape index (κ1) is 14.9. The first-order chi connectivity index (χ1) is 9.88. The Labute approximate surface area is 127 Å². The molecule has 3 atom stereocenters. The minimum atomic E-state index is 0.164. The predicted molar refractivity (Wildman–Crippen MR) is 81.4 cm³/mol. The highest BCUT2D eigenvalue weighted by Crippen LogP contribution is 2.46. The average molecular weight is 292 g/mol. The van der Waals surface area contributed by atoms with Gasteiger partial charge in [-0.1, -0.05) is 20.8 Å². The maximum absolute atomic E-state index is 12.1. The van der Waals surface area contributed by atoms with E-state index in [4.69, 9.17) is 0 Å². The number of carbonyl (C=O) groups excluding carboxylic acids is 2. The summed E-state index contributed by atoms with van der Waals surface area (Å²) in [5.74, 6) is 1.75. The third kappa shape index (κ3) is 3.24. The van der Waals surface area contributed by atoms with Crippen LogP contribution in [0.2, 0.25) is 0 Å². The maximum Gasteiger partial charge on any atom is 0.223 e. The van der Waals surface area contributed by atoms with Gasteiger partial charge in [-0.2, -0.15) is 0 Å². The molecule has 21 heavy (non-hydrogen) atoms. The second-order valence-electron chi connectivity index (χ2n) is 8.10. The fraction of sp³-hybridized carbons (Fsp3) is 0.882. The van der Waals surface area contributed by atoms with Gasteiger partial charge in [0.15, 0.2) is 0 Å². The predicted octanol–water partition coefficient (Wildman–Crippen LogP) is 2.09. The van der Waals surface area contributed by atoms with Crippen molar-refractivity contribution in [1.29, 1.82) is 0 Å². The fourth-order valence-electron chi connectivity index (χ4n) is 3.97. The summed E-state index contributed by atoms with van der Waals surface area (Å²) >= 11 is 0. The first-order valence-corrected chi connectivity index (χ1v) is 8.46. The van der Waals surface area contributed by atoms with E-state index < -0.39 is 0 Å². The van der Waals surface area contributed by atoms with Gasteiger partial charge in [-0.25, -0.2) is 0 Å². The summed E-state index contributed by atoms with van der Waals surface area (Å²) in [6.07, 6.45) is 5.27. The second-order valence-corrected chi connectivity index (χ2v) is 8.10. The molecule has 0 radical (unpaired) electrons. The minimum absolute atomic E-state index is 0.164. The first-order valence-electron chi connectivity index (χ1n) is 8.46. The van der Waals surface area contributed by atoms with E-state index in [9.17, 15) is 9.59 Å². The van der Waals surface area contributed by atoms with Gasteiger partial charge >= 0.3 is 0 Å². The SMILES string of the molecule is C[C@@H]1CC(C)(C)[C@H](CNC(=O)C2CC2)[C@@H]1NC(=O)C1CC1. The zero-order valence-corrected chi connectivity index (χ0v) is 13.4. The lowest BCUT2D eigenvalue weighted by Gasteiger charge is -2.31. The lowest BCUT2D eigenvalue weighted by atomic mass is 9.80. The van der Waals surface area contributed by atoms with Gasteiger partial charge in [-0.3, -0.25) is 9.59 Å². The highest BCUT2D eigenvalue weighted by Gasteiger charge is 2.48.